The minimum atomic E-state index is -0.269. The summed E-state index contributed by atoms with van der Waals surface area (Å²) >= 11 is 0. The van der Waals surface area contributed by atoms with Crippen molar-refractivity contribution in [2.75, 3.05) is 5.32 Å². The second-order valence-corrected chi connectivity index (χ2v) is 5.43. The van der Waals surface area contributed by atoms with Gasteiger partial charge in [-0.05, 0) is 54.6 Å². The largest absolute Gasteiger partial charge is 0.324 e. The van der Waals surface area contributed by atoms with Crippen LogP contribution in [0.4, 0.5) is 5.69 Å². The number of aromatic amines is 2. The predicted octanol–water partition coefficient (Wildman–Crippen LogP) is 2.90. The molecule has 0 radical (unpaired) electrons. The van der Waals surface area contributed by atoms with Gasteiger partial charge in [0.15, 0.2) is 0 Å². The maximum Gasteiger partial charge on any atom is 0.323 e. The molecule has 0 saturated carbocycles. The first kappa shape index (κ1) is 14.1. The van der Waals surface area contributed by atoms with Crippen molar-refractivity contribution in [3.8, 4) is 5.69 Å². The van der Waals surface area contributed by atoms with Gasteiger partial charge in [0, 0.05) is 29.3 Å². The smallest absolute Gasteiger partial charge is 0.323 e. The van der Waals surface area contributed by atoms with E-state index in [1.807, 2.05) is 41.2 Å². The zero-order chi connectivity index (χ0) is 16.5. The maximum absolute atomic E-state index is 12.4. The molecule has 0 saturated heterocycles. The number of nitrogens with zero attached hydrogens (tertiary/aromatic N) is 1. The Morgan fingerprint density at radius 1 is 0.917 bits per heavy atom. The van der Waals surface area contributed by atoms with Crippen LogP contribution in [0, 0.1) is 0 Å². The van der Waals surface area contributed by atoms with E-state index in [0.717, 1.165) is 5.69 Å². The van der Waals surface area contributed by atoms with E-state index < -0.39 is 0 Å². The second-order valence-electron chi connectivity index (χ2n) is 5.43. The minimum absolute atomic E-state index is 0.203. The zero-order valence-electron chi connectivity index (χ0n) is 12.6. The molecule has 0 aliphatic carbocycles. The zero-order valence-corrected chi connectivity index (χ0v) is 12.6. The fourth-order valence-electron chi connectivity index (χ4n) is 2.61. The number of amides is 1. The summed E-state index contributed by atoms with van der Waals surface area (Å²) in [6, 6.07) is 16.5. The highest BCUT2D eigenvalue weighted by Gasteiger charge is 2.07. The highest BCUT2D eigenvalue weighted by atomic mass is 16.2. The van der Waals surface area contributed by atoms with Gasteiger partial charge >= 0.3 is 5.69 Å². The summed E-state index contributed by atoms with van der Waals surface area (Å²) in [5.41, 5.74) is 3.26. The molecule has 1 amide bonds. The van der Waals surface area contributed by atoms with Crippen molar-refractivity contribution in [1.29, 1.82) is 0 Å². The highest BCUT2D eigenvalue weighted by Crippen LogP contribution is 2.16. The predicted molar refractivity (Wildman–Crippen MR) is 92.6 cm³/mol. The molecule has 2 heterocycles. The topological polar surface area (TPSA) is 82.7 Å². The molecule has 3 N–H and O–H groups in total. The van der Waals surface area contributed by atoms with Crippen molar-refractivity contribution in [2.24, 2.45) is 0 Å². The molecule has 2 aromatic heterocycles. The van der Waals surface area contributed by atoms with Crippen LogP contribution in [-0.4, -0.2) is 20.4 Å². The number of carbonyl (C=O) groups excluding carboxylic acids is 1. The van der Waals surface area contributed by atoms with Gasteiger partial charge in [0.25, 0.3) is 5.91 Å². The van der Waals surface area contributed by atoms with Crippen molar-refractivity contribution in [3.05, 3.63) is 83.0 Å². The summed E-state index contributed by atoms with van der Waals surface area (Å²) in [5, 5.41) is 2.83. The normalized spacial score (nSPS) is 10.8. The summed E-state index contributed by atoms with van der Waals surface area (Å²) in [6.45, 7) is 0. The van der Waals surface area contributed by atoms with Gasteiger partial charge in [-0.2, -0.15) is 0 Å². The number of nitrogens with one attached hydrogen (secondary N) is 3. The Hall–Kier alpha value is -3.54. The number of carbonyl (C=O) groups is 1. The molecule has 0 fully saturated rings. The molecule has 0 bridgehead atoms. The van der Waals surface area contributed by atoms with Crippen LogP contribution in [0.3, 0.4) is 0 Å². The number of hydrogen-bond donors (Lipinski definition) is 3. The van der Waals surface area contributed by atoms with Crippen LogP contribution in [0.1, 0.15) is 10.4 Å². The first-order valence-electron chi connectivity index (χ1n) is 7.46. The van der Waals surface area contributed by atoms with Crippen molar-refractivity contribution < 1.29 is 4.79 Å². The number of rotatable bonds is 3. The van der Waals surface area contributed by atoms with E-state index in [9.17, 15) is 9.59 Å². The van der Waals surface area contributed by atoms with Crippen LogP contribution >= 0.6 is 0 Å². The molecular weight excluding hydrogens is 304 g/mol. The third kappa shape index (κ3) is 2.61. The number of benzene rings is 2. The van der Waals surface area contributed by atoms with E-state index in [1.54, 1.807) is 30.3 Å². The van der Waals surface area contributed by atoms with E-state index >= 15 is 0 Å². The number of hydrogen-bond acceptors (Lipinski definition) is 2. The Kier molecular flexibility index (Phi) is 3.28. The molecule has 4 aromatic rings. The van der Waals surface area contributed by atoms with Gasteiger partial charge in [0.2, 0.25) is 0 Å². The lowest BCUT2D eigenvalue weighted by Gasteiger charge is -2.07. The number of H-pyrrole nitrogens is 2. The molecule has 4 rings (SSSR count). The Morgan fingerprint density at radius 2 is 1.62 bits per heavy atom. The second kappa shape index (κ2) is 5.58. The lowest BCUT2D eigenvalue weighted by Crippen LogP contribution is -2.11. The van der Waals surface area contributed by atoms with Crippen molar-refractivity contribution in [1.82, 2.24) is 14.5 Å². The fraction of sp³-hybridized carbons (Fsp3) is 0. The van der Waals surface area contributed by atoms with E-state index in [0.29, 0.717) is 22.3 Å². The average molecular weight is 318 g/mol. The van der Waals surface area contributed by atoms with Gasteiger partial charge in [-0.15, -0.1) is 0 Å². The SMILES string of the molecule is O=C(Nc1ccc2[nH]c(=O)[nH]c2c1)c1ccc(-n2cccc2)cc1. The van der Waals surface area contributed by atoms with Crippen LogP contribution in [0.2, 0.25) is 0 Å². The summed E-state index contributed by atoms with van der Waals surface area (Å²) in [6.07, 6.45) is 3.89. The van der Waals surface area contributed by atoms with E-state index in [2.05, 4.69) is 15.3 Å². The number of imidazole rings is 1. The van der Waals surface area contributed by atoms with Crippen LogP contribution in [0.25, 0.3) is 16.7 Å². The Bertz CT molecular complexity index is 1060. The van der Waals surface area contributed by atoms with Gasteiger partial charge < -0.3 is 19.9 Å². The minimum Gasteiger partial charge on any atom is -0.324 e. The first-order chi connectivity index (χ1) is 11.7. The fourth-order valence-corrected chi connectivity index (χ4v) is 2.61. The summed E-state index contributed by atoms with van der Waals surface area (Å²) in [5.74, 6) is -0.203. The van der Waals surface area contributed by atoms with Crippen LogP contribution in [0.5, 0.6) is 0 Å². The quantitative estimate of drug-likeness (QED) is 0.543. The third-order valence-electron chi connectivity index (χ3n) is 3.81. The number of fused-ring (bicyclic) bond motifs is 1. The molecule has 2 aromatic carbocycles. The molecule has 0 aliphatic rings. The highest BCUT2D eigenvalue weighted by molar-refractivity contribution is 6.05. The molecule has 118 valence electrons. The van der Waals surface area contributed by atoms with Crippen molar-refractivity contribution >= 4 is 22.6 Å². The van der Waals surface area contributed by atoms with E-state index in [1.165, 1.54) is 0 Å². The summed E-state index contributed by atoms with van der Waals surface area (Å²) in [4.78, 5) is 29.0. The van der Waals surface area contributed by atoms with Gasteiger partial charge in [-0.25, -0.2) is 4.79 Å². The maximum atomic E-state index is 12.4. The van der Waals surface area contributed by atoms with E-state index in [4.69, 9.17) is 0 Å². The van der Waals surface area contributed by atoms with Crippen molar-refractivity contribution in [2.45, 2.75) is 0 Å². The lowest BCUT2D eigenvalue weighted by atomic mass is 10.2. The molecule has 0 atom stereocenters. The Balaban J connectivity index is 1.55. The van der Waals surface area contributed by atoms with Gasteiger partial charge in [-0.3, -0.25) is 4.79 Å². The van der Waals surface area contributed by atoms with E-state index in [-0.39, 0.29) is 11.6 Å². The Labute approximate surface area is 136 Å². The van der Waals surface area contributed by atoms with Gasteiger partial charge in [-0.1, -0.05) is 0 Å². The molecule has 6 nitrogen and oxygen atoms in total. The standard InChI is InChI=1S/C18H14N4O2/c23-17(12-3-6-14(7-4-12)22-9-1-2-10-22)19-13-5-8-15-16(11-13)21-18(24)20-15/h1-11H,(H,19,23)(H2,20,21,24). The molecule has 0 aliphatic heterocycles. The average Bonchev–Trinajstić information content (AvgIpc) is 3.23. The van der Waals surface area contributed by atoms with Crippen molar-refractivity contribution in [3.63, 3.8) is 0 Å². The van der Waals surface area contributed by atoms with Gasteiger partial charge in [0.05, 0.1) is 11.0 Å². The molecule has 0 spiro atoms. The molecular formula is C18H14N4O2. The summed E-state index contributed by atoms with van der Waals surface area (Å²) in [7, 11) is 0. The monoisotopic (exact) mass is 318 g/mol. The number of aromatic nitrogens is 3. The lowest BCUT2D eigenvalue weighted by molar-refractivity contribution is 0.102. The van der Waals surface area contributed by atoms with Gasteiger partial charge in [0.1, 0.15) is 0 Å². The third-order valence-corrected chi connectivity index (χ3v) is 3.81. The summed E-state index contributed by atoms with van der Waals surface area (Å²) < 4.78 is 1.97. The molecule has 6 heteroatoms. The van der Waals surface area contributed by atoms with Crippen LogP contribution < -0.4 is 11.0 Å². The molecule has 0 unspecified atom stereocenters. The number of anilines is 1. The van der Waals surface area contributed by atoms with Crippen LogP contribution in [0.15, 0.2) is 71.8 Å². The first-order valence-corrected chi connectivity index (χ1v) is 7.46. The van der Waals surface area contributed by atoms with Crippen LogP contribution in [-0.2, 0) is 0 Å². The molecule has 24 heavy (non-hydrogen) atoms. The Morgan fingerprint density at radius 3 is 2.38 bits per heavy atom.